The van der Waals surface area contributed by atoms with Crippen molar-refractivity contribution >= 4 is 51.1 Å². The van der Waals surface area contributed by atoms with Crippen molar-refractivity contribution in [3.63, 3.8) is 0 Å². The van der Waals surface area contributed by atoms with Crippen molar-refractivity contribution in [2.45, 2.75) is 57.0 Å². The van der Waals surface area contributed by atoms with Crippen molar-refractivity contribution in [2.24, 2.45) is 0 Å². The number of amides is 2. The lowest BCUT2D eigenvalue weighted by molar-refractivity contribution is -0.138. The number of hydrogen-bond acceptors (Lipinski definition) is 3. The van der Waals surface area contributed by atoms with Gasteiger partial charge in [-0.1, -0.05) is 70.7 Å². The van der Waals surface area contributed by atoms with Gasteiger partial charge in [0.1, 0.15) is 6.04 Å². The second-order valence-electron chi connectivity index (χ2n) is 7.90. The largest absolute Gasteiger partial charge is 0.352 e. The van der Waals surface area contributed by atoms with Gasteiger partial charge >= 0.3 is 0 Å². The van der Waals surface area contributed by atoms with Gasteiger partial charge in [-0.2, -0.15) is 0 Å². The third-order valence-corrected chi connectivity index (χ3v) is 7.38. The van der Waals surface area contributed by atoms with Crippen LogP contribution in [0.25, 0.3) is 0 Å². The Morgan fingerprint density at radius 3 is 2.65 bits per heavy atom. The Kier molecular flexibility index (Phi) is 9.30. The average Bonchev–Trinajstić information content (AvgIpc) is 3.26. The first-order valence-electron chi connectivity index (χ1n) is 10.6. The summed E-state index contributed by atoms with van der Waals surface area (Å²) in [5.74, 6) is 0.816. The molecule has 0 aliphatic heterocycles. The van der Waals surface area contributed by atoms with E-state index in [1.165, 1.54) is 11.8 Å². The average molecular weight is 524 g/mol. The zero-order valence-electron chi connectivity index (χ0n) is 17.7. The summed E-state index contributed by atoms with van der Waals surface area (Å²) in [6, 6.07) is 15.2. The van der Waals surface area contributed by atoms with Crippen LogP contribution in [0.3, 0.4) is 0 Å². The molecule has 2 aromatic rings. The lowest BCUT2D eigenvalue weighted by Gasteiger charge is -2.29. The molecule has 3 rings (SSSR count). The molecule has 0 bridgehead atoms. The topological polar surface area (TPSA) is 49.4 Å². The van der Waals surface area contributed by atoms with Gasteiger partial charge < -0.3 is 10.2 Å². The van der Waals surface area contributed by atoms with Crippen molar-refractivity contribution in [1.29, 1.82) is 0 Å². The van der Waals surface area contributed by atoms with Crippen LogP contribution < -0.4 is 5.32 Å². The third-order valence-electron chi connectivity index (χ3n) is 5.55. The summed E-state index contributed by atoms with van der Waals surface area (Å²) in [6.45, 7) is 2.21. The summed E-state index contributed by atoms with van der Waals surface area (Å²) < 4.78 is 0.952. The van der Waals surface area contributed by atoms with Gasteiger partial charge in [-0.15, -0.1) is 11.8 Å². The lowest BCUT2D eigenvalue weighted by Crippen LogP contribution is -2.50. The molecule has 0 saturated heterocycles. The fourth-order valence-corrected chi connectivity index (χ4v) is 5.40. The zero-order valence-corrected chi connectivity index (χ0v) is 20.8. The van der Waals surface area contributed by atoms with Crippen LogP contribution in [0.5, 0.6) is 0 Å². The van der Waals surface area contributed by atoms with Crippen molar-refractivity contribution in [2.75, 3.05) is 5.75 Å². The van der Waals surface area contributed by atoms with Gasteiger partial charge in [0.2, 0.25) is 11.8 Å². The van der Waals surface area contributed by atoms with E-state index in [0.717, 1.165) is 41.3 Å². The molecule has 4 nitrogen and oxygen atoms in total. The molecule has 0 spiro atoms. The summed E-state index contributed by atoms with van der Waals surface area (Å²) >= 11 is 11.2. The van der Waals surface area contributed by atoms with E-state index in [-0.39, 0.29) is 17.9 Å². The van der Waals surface area contributed by atoms with Crippen LogP contribution in [-0.4, -0.2) is 34.6 Å². The minimum Gasteiger partial charge on any atom is -0.352 e. The van der Waals surface area contributed by atoms with Crippen LogP contribution >= 0.6 is 39.3 Å². The number of hydrogen-bond donors (Lipinski definition) is 1. The summed E-state index contributed by atoms with van der Waals surface area (Å²) in [5.41, 5.74) is 1.99. The van der Waals surface area contributed by atoms with Gasteiger partial charge in [0.05, 0.1) is 5.75 Å². The summed E-state index contributed by atoms with van der Waals surface area (Å²) in [6.07, 6.45) is 4.34. The standard InChI is InChI=1S/C24H28BrClN2O2S/c1-17(24(30)27-21-10-3-4-11-21)28(14-18-7-6-9-20(25)13-18)23(29)16-31-15-19-8-2-5-12-22(19)26/h2,5-9,12-13,17,21H,3-4,10-11,14-16H2,1H3,(H,27,30)/t17-/m0/s1. The summed E-state index contributed by atoms with van der Waals surface area (Å²) in [5, 5.41) is 3.84. The fraction of sp³-hybridized carbons (Fsp3) is 0.417. The fourth-order valence-electron chi connectivity index (χ4n) is 3.75. The Hall–Kier alpha value is -1.50. The molecule has 1 aliphatic carbocycles. The number of carbonyl (C=O) groups is 2. The van der Waals surface area contributed by atoms with Crippen molar-refractivity contribution < 1.29 is 9.59 Å². The Balaban J connectivity index is 1.66. The van der Waals surface area contributed by atoms with Crippen LogP contribution in [0.15, 0.2) is 53.0 Å². The first-order valence-corrected chi connectivity index (χ1v) is 12.9. The van der Waals surface area contributed by atoms with Gasteiger partial charge in [-0.05, 0) is 49.1 Å². The van der Waals surface area contributed by atoms with Crippen LogP contribution in [0.1, 0.15) is 43.7 Å². The number of nitrogens with zero attached hydrogens (tertiary/aromatic N) is 1. The molecule has 166 valence electrons. The van der Waals surface area contributed by atoms with E-state index in [2.05, 4.69) is 21.2 Å². The third kappa shape index (κ3) is 7.26. The highest BCUT2D eigenvalue weighted by molar-refractivity contribution is 9.10. The predicted octanol–water partition coefficient (Wildman–Crippen LogP) is 5.81. The van der Waals surface area contributed by atoms with Crippen LogP contribution in [0.2, 0.25) is 5.02 Å². The molecule has 1 atom stereocenters. The van der Waals surface area contributed by atoms with Crippen molar-refractivity contribution in [3.8, 4) is 0 Å². The monoisotopic (exact) mass is 522 g/mol. The maximum atomic E-state index is 13.2. The molecular formula is C24H28BrClN2O2S. The Bertz CT molecular complexity index is 905. The van der Waals surface area contributed by atoms with Gasteiger partial charge in [-0.25, -0.2) is 0 Å². The highest BCUT2D eigenvalue weighted by Gasteiger charge is 2.28. The maximum Gasteiger partial charge on any atom is 0.242 e. The quantitative estimate of drug-likeness (QED) is 0.451. The molecule has 2 aromatic carbocycles. The number of halogens is 2. The smallest absolute Gasteiger partial charge is 0.242 e. The van der Waals surface area contributed by atoms with E-state index in [0.29, 0.717) is 23.1 Å². The number of thioether (sulfide) groups is 1. The molecule has 1 aliphatic rings. The first kappa shape index (κ1) is 24.1. The van der Waals surface area contributed by atoms with Crippen LogP contribution in [0, 0.1) is 0 Å². The van der Waals surface area contributed by atoms with Gasteiger partial charge in [0, 0.05) is 27.8 Å². The molecule has 1 N–H and O–H groups in total. The molecule has 7 heteroatoms. The molecule has 0 radical (unpaired) electrons. The maximum absolute atomic E-state index is 13.2. The van der Waals surface area contributed by atoms with E-state index in [4.69, 9.17) is 11.6 Å². The highest BCUT2D eigenvalue weighted by Crippen LogP contribution is 2.23. The second kappa shape index (κ2) is 11.9. The summed E-state index contributed by atoms with van der Waals surface area (Å²) in [7, 11) is 0. The van der Waals surface area contributed by atoms with E-state index in [1.807, 2.05) is 55.5 Å². The minimum atomic E-state index is -0.534. The number of rotatable bonds is 9. The van der Waals surface area contributed by atoms with Crippen LogP contribution in [0.4, 0.5) is 0 Å². The number of nitrogens with one attached hydrogen (secondary N) is 1. The van der Waals surface area contributed by atoms with Crippen LogP contribution in [-0.2, 0) is 21.9 Å². The molecular weight excluding hydrogens is 496 g/mol. The van der Waals surface area contributed by atoms with E-state index in [9.17, 15) is 9.59 Å². The number of carbonyl (C=O) groups excluding carboxylic acids is 2. The van der Waals surface area contributed by atoms with E-state index >= 15 is 0 Å². The Morgan fingerprint density at radius 1 is 1.19 bits per heavy atom. The minimum absolute atomic E-state index is 0.0499. The molecule has 0 unspecified atom stereocenters. The molecule has 2 amide bonds. The van der Waals surface area contributed by atoms with E-state index in [1.54, 1.807) is 4.90 Å². The molecule has 31 heavy (non-hydrogen) atoms. The zero-order chi connectivity index (χ0) is 22.2. The summed E-state index contributed by atoms with van der Waals surface area (Å²) in [4.78, 5) is 27.8. The van der Waals surface area contributed by atoms with E-state index < -0.39 is 6.04 Å². The van der Waals surface area contributed by atoms with Gasteiger partial charge in [-0.3, -0.25) is 9.59 Å². The lowest BCUT2D eigenvalue weighted by atomic mass is 10.1. The van der Waals surface area contributed by atoms with Crippen molar-refractivity contribution in [3.05, 3.63) is 69.2 Å². The first-order chi connectivity index (χ1) is 14.9. The molecule has 0 aromatic heterocycles. The van der Waals surface area contributed by atoms with Gasteiger partial charge in [0.25, 0.3) is 0 Å². The van der Waals surface area contributed by atoms with Crippen molar-refractivity contribution in [1.82, 2.24) is 10.2 Å². The Morgan fingerprint density at radius 2 is 1.94 bits per heavy atom. The second-order valence-corrected chi connectivity index (χ2v) is 10.2. The highest BCUT2D eigenvalue weighted by atomic mass is 79.9. The predicted molar refractivity (Wildman–Crippen MR) is 132 cm³/mol. The normalized spacial score (nSPS) is 14.9. The van der Waals surface area contributed by atoms with Gasteiger partial charge in [0.15, 0.2) is 0 Å². The number of benzene rings is 2. The SMILES string of the molecule is C[C@@H](C(=O)NC1CCCC1)N(Cc1cccc(Br)c1)C(=O)CSCc1ccccc1Cl. The molecule has 1 saturated carbocycles. The Labute approximate surface area is 202 Å². The molecule has 1 fully saturated rings. The molecule has 0 heterocycles.